The average molecular weight is 425 g/mol. The van der Waals surface area contributed by atoms with E-state index in [2.05, 4.69) is 20.5 Å². The van der Waals surface area contributed by atoms with Gasteiger partial charge in [0, 0.05) is 12.1 Å². The van der Waals surface area contributed by atoms with Crippen molar-refractivity contribution in [1.82, 2.24) is 19.1 Å². The van der Waals surface area contributed by atoms with E-state index >= 15 is 0 Å². The summed E-state index contributed by atoms with van der Waals surface area (Å²) in [5.41, 5.74) is 3.68. The fourth-order valence-electron chi connectivity index (χ4n) is 3.00. The Morgan fingerprint density at radius 2 is 1.93 bits per heavy atom. The number of benzene rings is 2. The third-order valence-electron chi connectivity index (χ3n) is 4.56. The van der Waals surface area contributed by atoms with E-state index in [1.807, 2.05) is 18.2 Å². The molecule has 0 amide bonds. The molecule has 0 spiro atoms. The lowest BCUT2D eigenvalue weighted by atomic mass is 10.2. The van der Waals surface area contributed by atoms with Gasteiger partial charge in [0.15, 0.2) is 11.2 Å². The highest BCUT2D eigenvalue weighted by atomic mass is 35.5. The van der Waals surface area contributed by atoms with Crippen LogP contribution in [0, 0.1) is 0 Å². The zero-order chi connectivity index (χ0) is 21.3. The number of hydrazone groups is 1. The number of anilines is 1. The molecule has 0 unspecified atom stereocenters. The summed E-state index contributed by atoms with van der Waals surface area (Å²) in [6, 6.07) is 13.7. The van der Waals surface area contributed by atoms with E-state index in [1.165, 1.54) is 11.6 Å². The molecule has 2 heterocycles. The summed E-state index contributed by atoms with van der Waals surface area (Å²) in [4.78, 5) is 31.2. The minimum atomic E-state index is -0.561. The maximum atomic E-state index is 12.5. The fraction of sp³-hybridized carbons (Fsp3) is 0.100. The molecular formula is C20H17ClN6O3. The molecule has 0 aliphatic heterocycles. The van der Waals surface area contributed by atoms with Gasteiger partial charge in [-0.15, -0.1) is 0 Å². The Bertz CT molecular complexity index is 1370. The lowest BCUT2D eigenvalue weighted by molar-refractivity contribution is 0.475. The number of nitrogens with zero attached hydrogens (tertiary/aromatic N) is 4. The Morgan fingerprint density at radius 3 is 2.67 bits per heavy atom. The summed E-state index contributed by atoms with van der Waals surface area (Å²) in [6.45, 7) is 0.245. The van der Waals surface area contributed by atoms with Crippen LogP contribution in [0.5, 0.6) is 5.75 Å². The molecule has 30 heavy (non-hydrogen) atoms. The summed E-state index contributed by atoms with van der Waals surface area (Å²) in [5, 5.41) is 14.1. The van der Waals surface area contributed by atoms with E-state index < -0.39 is 11.2 Å². The number of aromatic hydroxyl groups is 1. The monoisotopic (exact) mass is 424 g/mol. The van der Waals surface area contributed by atoms with Crippen molar-refractivity contribution >= 4 is 34.9 Å². The average Bonchev–Trinajstić information content (AvgIpc) is 3.08. The van der Waals surface area contributed by atoms with Crippen molar-refractivity contribution in [3.63, 3.8) is 0 Å². The molecule has 0 atom stereocenters. The molecule has 0 aliphatic rings. The molecule has 3 N–H and O–H groups in total. The summed E-state index contributed by atoms with van der Waals surface area (Å²) in [7, 11) is 1.52. The van der Waals surface area contributed by atoms with Crippen LogP contribution in [-0.4, -0.2) is 30.4 Å². The summed E-state index contributed by atoms with van der Waals surface area (Å²) < 4.78 is 2.87. The second kappa shape index (κ2) is 7.88. The SMILES string of the molecule is Cn1c(=O)[nH]c(=O)c2c1nc(NN=Cc1ccc(O)cc1)n2Cc1ccccc1Cl. The number of H-pyrrole nitrogens is 1. The normalized spacial score (nSPS) is 11.4. The van der Waals surface area contributed by atoms with Gasteiger partial charge in [-0.25, -0.2) is 10.2 Å². The molecule has 0 saturated carbocycles. The van der Waals surface area contributed by atoms with Crippen molar-refractivity contribution in [1.29, 1.82) is 0 Å². The van der Waals surface area contributed by atoms with Gasteiger partial charge in [0.1, 0.15) is 5.75 Å². The molecular weight excluding hydrogens is 408 g/mol. The summed E-state index contributed by atoms with van der Waals surface area (Å²) in [5.74, 6) is 0.424. The standard InChI is InChI=1S/C20H17ClN6O3/c1-26-17-16(18(29)24-20(26)30)27(11-13-4-2-3-5-15(13)21)19(23-17)25-22-10-12-6-8-14(28)9-7-12/h2-10,28H,11H2,1H3,(H,23,25)(H,24,29,30). The van der Waals surface area contributed by atoms with Crippen molar-refractivity contribution in [2.75, 3.05) is 5.43 Å². The van der Waals surface area contributed by atoms with E-state index in [1.54, 1.807) is 41.1 Å². The maximum Gasteiger partial charge on any atom is 0.329 e. The van der Waals surface area contributed by atoms with Crippen LogP contribution in [0.1, 0.15) is 11.1 Å². The highest BCUT2D eigenvalue weighted by Gasteiger charge is 2.18. The Labute approximate surface area is 174 Å². The highest BCUT2D eigenvalue weighted by molar-refractivity contribution is 6.31. The number of nitrogens with one attached hydrogen (secondary N) is 2. The predicted molar refractivity (Wildman–Crippen MR) is 115 cm³/mol. The molecule has 2 aromatic carbocycles. The van der Waals surface area contributed by atoms with Gasteiger partial charge < -0.3 is 5.11 Å². The Balaban J connectivity index is 1.79. The third kappa shape index (κ3) is 3.70. The number of fused-ring (bicyclic) bond motifs is 1. The molecule has 4 aromatic rings. The first-order chi connectivity index (χ1) is 14.4. The van der Waals surface area contributed by atoms with Crippen LogP contribution in [0.2, 0.25) is 5.02 Å². The van der Waals surface area contributed by atoms with Crippen molar-refractivity contribution < 1.29 is 5.11 Å². The summed E-state index contributed by atoms with van der Waals surface area (Å²) in [6.07, 6.45) is 1.54. The lowest BCUT2D eigenvalue weighted by Crippen LogP contribution is -2.29. The first-order valence-corrected chi connectivity index (χ1v) is 9.33. The smallest absolute Gasteiger partial charge is 0.329 e. The molecule has 0 bridgehead atoms. The number of phenolic OH excluding ortho intramolecular Hbond substituents is 1. The highest BCUT2D eigenvalue weighted by Crippen LogP contribution is 2.22. The van der Waals surface area contributed by atoms with Gasteiger partial charge in [-0.2, -0.15) is 10.1 Å². The molecule has 0 radical (unpaired) electrons. The topological polar surface area (TPSA) is 117 Å². The van der Waals surface area contributed by atoms with Crippen LogP contribution >= 0.6 is 11.6 Å². The lowest BCUT2D eigenvalue weighted by Gasteiger charge is -2.09. The Hall–Kier alpha value is -3.85. The van der Waals surface area contributed by atoms with E-state index in [9.17, 15) is 14.7 Å². The molecule has 9 nitrogen and oxygen atoms in total. The molecule has 10 heteroatoms. The second-order valence-corrected chi connectivity index (χ2v) is 6.97. The molecule has 2 aromatic heterocycles. The van der Waals surface area contributed by atoms with E-state index in [-0.39, 0.29) is 29.4 Å². The van der Waals surface area contributed by atoms with Crippen LogP contribution in [0.25, 0.3) is 11.2 Å². The van der Waals surface area contributed by atoms with Crippen molar-refractivity contribution in [3.8, 4) is 5.75 Å². The number of hydrogen-bond donors (Lipinski definition) is 3. The number of rotatable bonds is 5. The second-order valence-electron chi connectivity index (χ2n) is 6.57. The molecule has 0 aliphatic carbocycles. The number of phenols is 1. The number of aromatic nitrogens is 4. The van der Waals surface area contributed by atoms with Crippen LogP contribution in [-0.2, 0) is 13.6 Å². The largest absolute Gasteiger partial charge is 0.508 e. The van der Waals surface area contributed by atoms with Crippen molar-refractivity contribution in [3.05, 3.63) is 85.5 Å². The molecule has 0 saturated heterocycles. The maximum absolute atomic E-state index is 12.5. The number of aryl methyl sites for hydroxylation is 1. The quantitative estimate of drug-likeness (QED) is 0.335. The van der Waals surface area contributed by atoms with Crippen molar-refractivity contribution in [2.45, 2.75) is 6.54 Å². The summed E-state index contributed by atoms with van der Waals surface area (Å²) >= 11 is 6.29. The van der Waals surface area contributed by atoms with E-state index in [0.29, 0.717) is 5.02 Å². The zero-order valence-electron chi connectivity index (χ0n) is 15.8. The number of aromatic amines is 1. The Morgan fingerprint density at radius 1 is 1.20 bits per heavy atom. The number of hydrogen-bond acceptors (Lipinski definition) is 6. The van der Waals surface area contributed by atoms with E-state index in [0.717, 1.165) is 11.1 Å². The van der Waals surface area contributed by atoms with Crippen LogP contribution in [0.15, 0.2) is 63.2 Å². The van der Waals surface area contributed by atoms with Gasteiger partial charge in [-0.3, -0.25) is 18.9 Å². The van der Waals surface area contributed by atoms with Gasteiger partial charge >= 0.3 is 5.69 Å². The van der Waals surface area contributed by atoms with Crippen LogP contribution in [0.4, 0.5) is 5.95 Å². The van der Waals surface area contributed by atoms with E-state index in [4.69, 9.17) is 11.6 Å². The fourth-order valence-corrected chi connectivity index (χ4v) is 3.19. The van der Waals surface area contributed by atoms with Crippen LogP contribution in [0.3, 0.4) is 0 Å². The Kier molecular flexibility index (Phi) is 5.11. The number of imidazole rings is 1. The first kappa shape index (κ1) is 19.5. The zero-order valence-corrected chi connectivity index (χ0v) is 16.6. The van der Waals surface area contributed by atoms with Crippen molar-refractivity contribution in [2.24, 2.45) is 12.1 Å². The molecule has 0 fully saturated rings. The molecule has 4 rings (SSSR count). The predicted octanol–water partition coefficient (Wildman–Crippen LogP) is 2.28. The van der Waals surface area contributed by atoms with Crippen LogP contribution < -0.4 is 16.7 Å². The minimum absolute atomic E-state index is 0.154. The third-order valence-corrected chi connectivity index (χ3v) is 4.93. The minimum Gasteiger partial charge on any atom is -0.508 e. The molecule has 152 valence electrons. The van der Waals surface area contributed by atoms with Gasteiger partial charge in [0.05, 0.1) is 12.8 Å². The van der Waals surface area contributed by atoms with Gasteiger partial charge in [0.25, 0.3) is 5.56 Å². The first-order valence-electron chi connectivity index (χ1n) is 8.95. The number of halogens is 1. The van der Waals surface area contributed by atoms with Gasteiger partial charge in [-0.05, 0) is 41.5 Å². The van der Waals surface area contributed by atoms with Gasteiger partial charge in [-0.1, -0.05) is 29.8 Å². The van der Waals surface area contributed by atoms with Gasteiger partial charge in [0.2, 0.25) is 5.95 Å².